The van der Waals surface area contributed by atoms with Gasteiger partial charge in [-0.15, -0.1) is 11.3 Å². The van der Waals surface area contributed by atoms with E-state index in [9.17, 15) is 0 Å². The maximum atomic E-state index is 6.02. The van der Waals surface area contributed by atoms with E-state index >= 15 is 0 Å². The van der Waals surface area contributed by atoms with Crippen LogP contribution in [-0.4, -0.2) is 24.8 Å². The molecular formula is C13H21NO2S. The first-order chi connectivity index (χ1) is 8.30. The van der Waals surface area contributed by atoms with Crippen LogP contribution in [0.4, 0.5) is 0 Å². The average molecular weight is 255 g/mol. The molecule has 0 atom stereocenters. The first kappa shape index (κ1) is 13.0. The third-order valence-electron chi connectivity index (χ3n) is 3.17. The summed E-state index contributed by atoms with van der Waals surface area (Å²) in [6.07, 6.45) is 4.07. The Morgan fingerprint density at radius 3 is 2.82 bits per heavy atom. The summed E-state index contributed by atoms with van der Waals surface area (Å²) in [7, 11) is 0. The fourth-order valence-corrected chi connectivity index (χ4v) is 3.35. The van der Waals surface area contributed by atoms with Crippen LogP contribution in [-0.2, 0) is 21.5 Å². The number of hydrogen-bond acceptors (Lipinski definition) is 4. The highest BCUT2D eigenvalue weighted by Crippen LogP contribution is 2.37. The number of aromatic nitrogens is 1. The zero-order valence-electron chi connectivity index (χ0n) is 10.7. The third kappa shape index (κ3) is 2.87. The molecule has 0 saturated carbocycles. The van der Waals surface area contributed by atoms with Crippen LogP contribution < -0.4 is 0 Å². The molecule has 0 spiro atoms. The van der Waals surface area contributed by atoms with Crippen molar-refractivity contribution in [3.05, 3.63) is 16.1 Å². The van der Waals surface area contributed by atoms with E-state index in [1.54, 1.807) is 11.3 Å². The molecule has 0 amide bonds. The smallest absolute Gasteiger partial charge is 0.125 e. The Balaban J connectivity index is 2.18. The number of thiazole rings is 1. The van der Waals surface area contributed by atoms with Gasteiger partial charge in [0, 0.05) is 38.0 Å². The second kappa shape index (κ2) is 5.94. The van der Waals surface area contributed by atoms with Crippen molar-refractivity contribution in [3.63, 3.8) is 0 Å². The standard InChI is InChI=1S/C13H21NO2S/c1-3-5-11-10-17-12(14-11)13(16-4-2)6-8-15-9-7-13/h10H,3-9H2,1-2H3. The van der Waals surface area contributed by atoms with Crippen LogP contribution in [0.25, 0.3) is 0 Å². The topological polar surface area (TPSA) is 31.4 Å². The van der Waals surface area contributed by atoms with E-state index < -0.39 is 0 Å². The molecule has 1 aromatic heterocycles. The Morgan fingerprint density at radius 1 is 1.41 bits per heavy atom. The van der Waals surface area contributed by atoms with E-state index in [0.717, 1.165) is 50.5 Å². The van der Waals surface area contributed by atoms with Crippen LogP contribution in [0, 0.1) is 0 Å². The molecule has 1 saturated heterocycles. The van der Waals surface area contributed by atoms with Gasteiger partial charge in [0.1, 0.15) is 10.6 Å². The summed E-state index contributed by atoms with van der Waals surface area (Å²) in [6, 6.07) is 0. The van der Waals surface area contributed by atoms with Crippen LogP contribution >= 0.6 is 11.3 Å². The van der Waals surface area contributed by atoms with E-state index in [0.29, 0.717) is 0 Å². The van der Waals surface area contributed by atoms with E-state index in [2.05, 4.69) is 19.2 Å². The molecule has 0 aromatic carbocycles. The summed E-state index contributed by atoms with van der Waals surface area (Å²) in [5.41, 5.74) is 1.03. The predicted molar refractivity (Wildman–Crippen MR) is 69.5 cm³/mol. The van der Waals surface area contributed by atoms with Gasteiger partial charge in [-0.1, -0.05) is 13.3 Å². The van der Waals surface area contributed by atoms with Gasteiger partial charge in [-0.2, -0.15) is 0 Å². The summed E-state index contributed by atoms with van der Waals surface area (Å²) in [4.78, 5) is 4.75. The molecule has 17 heavy (non-hydrogen) atoms. The van der Waals surface area contributed by atoms with Crippen LogP contribution in [0.2, 0.25) is 0 Å². The number of nitrogens with zero attached hydrogens (tertiary/aromatic N) is 1. The lowest BCUT2D eigenvalue weighted by atomic mass is 9.95. The van der Waals surface area contributed by atoms with E-state index in [-0.39, 0.29) is 5.60 Å². The van der Waals surface area contributed by atoms with Gasteiger partial charge in [-0.25, -0.2) is 4.98 Å². The molecule has 0 radical (unpaired) electrons. The maximum Gasteiger partial charge on any atom is 0.125 e. The van der Waals surface area contributed by atoms with Gasteiger partial charge in [0.25, 0.3) is 0 Å². The largest absolute Gasteiger partial charge is 0.381 e. The Bertz CT molecular complexity index is 339. The Labute approximate surface area is 107 Å². The number of rotatable bonds is 5. The van der Waals surface area contributed by atoms with Gasteiger partial charge >= 0.3 is 0 Å². The summed E-state index contributed by atoms with van der Waals surface area (Å²) >= 11 is 1.74. The summed E-state index contributed by atoms with van der Waals surface area (Å²) in [6.45, 7) is 6.54. The Hall–Kier alpha value is -0.450. The van der Waals surface area contributed by atoms with Crippen LogP contribution in [0.3, 0.4) is 0 Å². The van der Waals surface area contributed by atoms with Crippen LogP contribution in [0.1, 0.15) is 43.8 Å². The predicted octanol–water partition coefficient (Wildman–Crippen LogP) is 3.14. The van der Waals surface area contributed by atoms with Crippen molar-refractivity contribution in [2.45, 2.75) is 45.1 Å². The SMILES string of the molecule is CCCc1csc(C2(OCC)CCOCC2)n1. The van der Waals surface area contributed by atoms with Crippen molar-refractivity contribution in [3.8, 4) is 0 Å². The first-order valence-electron chi connectivity index (χ1n) is 6.47. The highest BCUT2D eigenvalue weighted by molar-refractivity contribution is 7.09. The van der Waals surface area contributed by atoms with Gasteiger partial charge in [0.15, 0.2) is 0 Å². The number of hydrogen-bond donors (Lipinski definition) is 0. The Morgan fingerprint density at radius 2 is 2.18 bits per heavy atom. The highest BCUT2D eigenvalue weighted by Gasteiger charge is 2.37. The molecule has 3 nitrogen and oxygen atoms in total. The molecule has 96 valence electrons. The quantitative estimate of drug-likeness (QED) is 0.810. The molecule has 0 N–H and O–H groups in total. The summed E-state index contributed by atoms with van der Waals surface area (Å²) < 4.78 is 11.5. The van der Waals surface area contributed by atoms with Crippen molar-refractivity contribution in [1.29, 1.82) is 0 Å². The third-order valence-corrected chi connectivity index (χ3v) is 4.25. The molecule has 1 fully saturated rings. The number of aryl methyl sites for hydroxylation is 1. The second-order valence-corrected chi connectivity index (χ2v) is 5.29. The minimum atomic E-state index is -0.177. The van der Waals surface area contributed by atoms with Crippen molar-refractivity contribution in [2.24, 2.45) is 0 Å². The lowest BCUT2D eigenvalue weighted by Gasteiger charge is -2.35. The van der Waals surface area contributed by atoms with Crippen molar-refractivity contribution >= 4 is 11.3 Å². The zero-order chi connectivity index (χ0) is 12.1. The minimum absolute atomic E-state index is 0.177. The van der Waals surface area contributed by atoms with E-state index in [1.807, 2.05) is 0 Å². The first-order valence-corrected chi connectivity index (χ1v) is 7.35. The number of ether oxygens (including phenoxy) is 2. The van der Waals surface area contributed by atoms with Gasteiger partial charge in [-0.05, 0) is 13.3 Å². The van der Waals surface area contributed by atoms with E-state index in [1.165, 1.54) is 5.69 Å². The fraction of sp³-hybridized carbons (Fsp3) is 0.769. The highest BCUT2D eigenvalue weighted by atomic mass is 32.1. The normalized spacial score (nSPS) is 19.4. The molecule has 4 heteroatoms. The van der Waals surface area contributed by atoms with Crippen molar-refractivity contribution in [2.75, 3.05) is 19.8 Å². The zero-order valence-corrected chi connectivity index (χ0v) is 11.5. The second-order valence-electron chi connectivity index (χ2n) is 4.43. The van der Waals surface area contributed by atoms with Crippen LogP contribution in [0.15, 0.2) is 5.38 Å². The monoisotopic (exact) mass is 255 g/mol. The van der Waals surface area contributed by atoms with Crippen molar-refractivity contribution in [1.82, 2.24) is 4.98 Å². The van der Waals surface area contributed by atoms with Crippen molar-refractivity contribution < 1.29 is 9.47 Å². The molecule has 0 bridgehead atoms. The lowest BCUT2D eigenvalue weighted by molar-refractivity contribution is -0.112. The summed E-state index contributed by atoms with van der Waals surface area (Å²) in [5.74, 6) is 0. The Kier molecular flexibility index (Phi) is 4.54. The van der Waals surface area contributed by atoms with Gasteiger partial charge in [0.2, 0.25) is 0 Å². The molecule has 2 heterocycles. The average Bonchev–Trinajstić information content (AvgIpc) is 2.80. The molecule has 1 aromatic rings. The maximum absolute atomic E-state index is 6.02. The van der Waals surface area contributed by atoms with Gasteiger partial charge in [-0.3, -0.25) is 0 Å². The van der Waals surface area contributed by atoms with Gasteiger partial charge in [0.05, 0.1) is 5.69 Å². The summed E-state index contributed by atoms with van der Waals surface area (Å²) in [5, 5.41) is 3.32. The molecule has 0 aliphatic carbocycles. The van der Waals surface area contributed by atoms with E-state index in [4.69, 9.17) is 14.5 Å². The molecular weight excluding hydrogens is 234 g/mol. The van der Waals surface area contributed by atoms with Gasteiger partial charge < -0.3 is 9.47 Å². The minimum Gasteiger partial charge on any atom is -0.381 e. The van der Waals surface area contributed by atoms with Crippen LogP contribution in [0.5, 0.6) is 0 Å². The molecule has 2 rings (SSSR count). The lowest BCUT2D eigenvalue weighted by Crippen LogP contribution is -2.36. The fourth-order valence-electron chi connectivity index (χ4n) is 2.28. The molecule has 1 aliphatic rings. The molecule has 0 unspecified atom stereocenters. The molecule has 1 aliphatic heterocycles.